The third-order valence-corrected chi connectivity index (χ3v) is 4.77. The van der Waals surface area contributed by atoms with Crippen LogP contribution in [-0.4, -0.2) is 16.9 Å². The molecule has 0 saturated heterocycles. The fraction of sp³-hybridized carbons (Fsp3) is 0.368. The van der Waals surface area contributed by atoms with Crippen molar-refractivity contribution in [3.8, 4) is 0 Å². The topological polar surface area (TPSA) is 53.2 Å². The highest BCUT2D eigenvalue weighted by Gasteiger charge is 2.33. The van der Waals surface area contributed by atoms with Crippen molar-refractivity contribution < 1.29 is 0 Å². The summed E-state index contributed by atoms with van der Waals surface area (Å²) in [5.74, 6) is 0.766. The van der Waals surface area contributed by atoms with E-state index in [0.29, 0.717) is 5.15 Å². The Balaban J connectivity index is 1.81. The minimum atomic E-state index is -0.00152. The number of rotatable bonds is 4. The van der Waals surface area contributed by atoms with Crippen LogP contribution in [0.4, 0.5) is 5.69 Å². The summed E-state index contributed by atoms with van der Waals surface area (Å²) < 4.78 is 0. The van der Waals surface area contributed by atoms with Crippen molar-refractivity contribution in [3.63, 3.8) is 0 Å². The quantitative estimate of drug-likeness (QED) is 0.680. The normalized spacial score (nSPS) is 21.3. The Bertz CT molecular complexity index is 834. The fourth-order valence-electron chi connectivity index (χ4n) is 3.30. The van der Waals surface area contributed by atoms with Crippen molar-refractivity contribution in [1.82, 2.24) is 4.98 Å². The van der Waals surface area contributed by atoms with Crippen molar-refractivity contribution in [2.75, 3.05) is 4.90 Å². The van der Waals surface area contributed by atoms with Gasteiger partial charge in [0.1, 0.15) is 17.0 Å². The molecule has 0 bridgehead atoms. The van der Waals surface area contributed by atoms with E-state index in [9.17, 15) is 0 Å². The lowest BCUT2D eigenvalue weighted by Crippen LogP contribution is -2.29. The van der Waals surface area contributed by atoms with Crippen LogP contribution in [-0.2, 0) is 0 Å². The van der Waals surface area contributed by atoms with Gasteiger partial charge in [-0.2, -0.15) is 5.11 Å². The number of hydrogen-bond acceptors (Lipinski definition) is 5. The summed E-state index contributed by atoms with van der Waals surface area (Å²) in [4.78, 5) is 11.4. The molecule has 128 valence electrons. The second-order valence-corrected chi connectivity index (χ2v) is 6.70. The molecule has 4 rings (SSSR count). The van der Waals surface area contributed by atoms with Crippen LogP contribution in [0.2, 0.25) is 5.15 Å². The number of hydrogen-bond donors (Lipinski definition) is 0. The summed E-state index contributed by atoms with van der Waals surface area (Å²) >= 11 is 6.21. The van der Waals surface area contributed by atoms with Gasteiger partial charge in [0, 0.05) is 0 Å². The van der Waals surface area contributed by atoms with E-state index in [1.807, 2.05) is 12.1 Å². The average molecular weight is 354 g/mol. The number of fused-ring (bicyclic) bond motifs is 3. The highest BCUT2D eigenvalue weighted by molar-refractivity contribution is 6.30. The van der Waals surface area contributed by atoms with E-state index in [1.54, 1.807) is 6.20 Å². The lowest BCUT2D eigenvalue weighted by Gasteiger charge is -2.25. The van der Waals surface area contributed by atoms with Gasteiger partial charge in [-0.3, -0.25) is 4.90 Å². The van der Waals surface area contributed by atoms with Crippen molar-refractivity contribution in [3.05, 3.63) is 58.8 Å². The standard InChI is InChI=1S/C19H20ClN5/c1-2-3-9-16-23-24-17-12-21-18(13-7-5-4-6-8-13)19-14(25(16)17)10-11-15(20)22-19/h5,7-8,10-12,16H,2-4,6,9H2,1H3. The molecule has 2 aliphatic heterocycles. The molecule has 6 heteroatoms. The summed E-state index contributed by atoms with van der Waals surface area (Å²) in [6, 6.07) is 3.82. The Hall–Kier alpha value is -2.27. The molecule has 1 atom stereocenters. The van der Waals surface area contributed by atoms with Crippen molar-refractivity contribution in [1.29, 1.82) is 0 Å². The Morgan fingerprint density at radius 2 is 2.20 bits per heavy atom. The van der Waals surface area contributed by atoms with Gasteiger partial charge in [-0.25, -0.2) is 9.98 Å². The van der Waals surface area contributed by atoms with Gasteiger partial charge in [0.2, 0.25) is 0 Å². The molecule has 0 amide bonds. The van der Waals surface area contributed by atoms with Gasteiger partial charge in [-0.05, 0) is 43.4 Å². The van der Waals surface area contributed by atoms with Crippen LogP contribution in [0.5, 0.6) is 0 Å². The zero-order chi connectivity index (χ0) is 17.2. The minimum Gasteiger partial charge on any atom is -0.297 e. The maximum absolute atomic E-state index is 6.21. The van der Waals surface area contributed by atoms with E-state index in [4.69, 9.17) is 16.6 Å². The molecule has 5 nitrogen and oxygen atoms in total. The van der Waals surface area contributed by atoms with Gasteiger partial charge in [-0.1, -0.05) is 43.2 Å². The van der Waals surface area contributed by atoms with Gasteiger partial charge < -0.3 is 0 Å². The minimum absolute atomic E-state index is 0.00152. The molecule has 0 aromatic carbocycles. The van der Waals surface area contributed by atoms with Crippen LogP contribution in [0.15, 0.2) is 63.2 Å². The lowest BCUT2D eigenvalue weighted by atomic mass is 9.99. The summed E-state index contributed by atoms with van der Waals surface area (Å²) in [6.45, 7) is 2.18. The largest absolute Gasteiger partial charge is 0.297 e. The number of unbranched alkanes of at least 4 members (excludes halogenated alkanes) is 1. The molecule has 0 saturated carbocycles. The van der Waals surface area contributed by atoms with Gasteiger partial charge >= 0.3 is 0 Å². The number of nitrogens with zero attached hydrogens (tertiary/aromatic N) is 5. The number of allylic oxidation sites excluding steroid dienone is 4. The maximum atomic E-state index is 6.21. The maximum Gasteiger partial charge on any atom is 0.175 e. The first-order valence-electron chi connectivity index (χ1n) is 8.80. The molecule has 25 heavy (non-hydrogen) atoms. The van der Waals surface area contributed by atoms with Crippen LogP contribution < -0.4 is 4.90 Å². The van der Waals surface area contributed by atoms with Gasteiger partial charge in [-0.15, -0.1) is 5.11 Å². The Labute approximate surface area is 152 Å². The van der Waals surface area contributed by atoms with Crippen LogP contribution in [0.1, 0.15) is 44.7 Å². The monoisotopic (exact) mass is 353 g/mol. The van der Waals surface area contributed by atoms with E-state index in [1.165, 1.54) is 0 Å². The molecule has 3 heterocycles. The van der Waals surface area contributed by atoms with E-state index in [-0.39, 0.29) is 6.17 Å². The van der Waals surface area contributed by atoms with Crippen LogP contribution in [0.25, 0.3) is 0 Å². The second-order valence-electron chi connectivity index (χ2n) is 6.31. The van der Waals surface area contributed by atoms with Crippen molar-refractivity contribution >= 4 is 23.0 Å². The van der Waals surface area contributed by atoms with Gasteiger partial charge in [0.05, 0.1) is 17.6 Å². The van der Waals surface area contributed by atoms with Gasteiger partial charge in [0.25, 0.3) is 0 Å². The fourth-order valence-corrected chi connectivity index (χ4v) is 3.45. The predicted molar refractivity (Wildman–Crippen MR) is 101 cm³/mol. The smallest absolute Gasteiger partial charge is 0.175 e. The number of aliphatic imine (C=N–C) groups is 1. The van der Waals surface area contributed by atoms with Crippen LogP contribution in [0.3, 0.4) is 0 Å². The Morgan fingerprint density at radius 1 is 1.28 bits per heavy atom. The van der Waals surface area contributed by atoms with E-state index in [2.05, 4.69) is 45.3 Å². The van der Waals surface area contributed by atoms with E-state index < -0.39 is 0 Å². The van der Waals surface area contributed by atoms with Crippen molar-refractivity contribution in [2.24, 2.45) is 15.2 Å². The predicted octanol–water partition coefficient (Wildman–Crippen LogP) is 5.40. The summed E-state index contributed by atoms with van der Waals surface area (Å²) in [6.07, 6.45) is 13.5. The summed E-state index contributed by atoms with van der Waals surface area (Å²) in [5.41, 5.74) is 3.70. The molecule has 0 radical (unpaired) electrons. The highest BCUT2D eigenvalue weighted by Crippen LogP contribution is 2.37. The molecule has 1 aromatic heterocycles. The van der Waals surface area contributed by atoms with Crippen LogP contribution in [0, 0.1) is 0 Å². The zero-order valence-corrected chi connectivity index (χ0v) is 14.9. The molecule has 0 spiro atoms. The molecule has 1 aromatic rings. The summed E-state index contributed by atoms with van der Waals surface area (Å²) in [5, 5.41) is 9.27. The first-order chi connectivity index (χ1) is 12.3. The zero-order valence-electron chi connectivity index (χ0n) is 14.2. The van der Waals surface area contributed by atoms with Crippen LogP contribution >= 0.6 is 11.6 Å². The number of anilines is 1. The number of aromatic nitrogens is 1. The number of azo groups is 1. The lowest BCUT2D eigenvalue weighted by molar-refractivity contribution is 0.588. The molecule has 1 unspecified atom stereocenters. The molecule has 0 N–H and O–H groups in total. The first kappa shape index (κ1) is 16.2. The number of pyridine rings is 1. The van der Waals surface area contributed by atoms with E-state index in [0.717, 1.165) is 60.6 Å². The molecule has 3 aliphatic rings. The highest BCUT2D eigenvalue weighted by atomic mass is 35.5. The van der Waals surface area contributed by atoms with E-state index >= 15 is 0 Å². The SMILES string of the molecule is CCCCC1N=NC2=CN=C(C3=CCCC=C3)c3nc(Cl)ccc3N21. The number of halogens is 1. The second kappa shape index (κ2) is 6.92. The third kappa shape index (κ3) is 3.04. The molecular formula is C19H20ClN5. The molecular weight excluding hydrogens is 334 g/mol. The average Bonchev–Trinajstić information content (AvgIpc) is 2.96. The molecule has 1 aliphatic carbocycles. The third-order valence-electron chi connectivity index (χ3n) is 4.56. The van der Waals surface area contributed by atoms with Gasteiger partial charge in [0.15, 0.2) is 5.82 Å². The Morgan fingerprint density at radius 3 is 3.00 bits per heavy atom. The summed E-state index contributed by atoms with van der Waals surface area (Å²) in [7, 11) is 0. The van der Waals surface area contributed by atoms with Crippen molar-refractivity contribution in [2.45, 2.75) is 45.2 Å². The first-order valence-corrected chi connectivity index (χ1v) is 9.18. The Kier molecular flexibility index (Phi) is 4.49. The molecule has 0 fully saturated rings.